The van der Waals surface area contributed by atoms with Gasteiger partial charge in [0, 0.05) is 25.1 Å². The van der Waals surface area contributed by atoms with E-state index < -0.39 is 5.97 Å². The monoisotopic (exact) mass is 598 g/mol. The maximum atomic E-state index is 11.8. The summed E-state index contributed by atoms with van der Waals surface area (Å²) in [6.07, 6.45) is 7.92. The molecule has 0 aliphatic rings. The van der Waals surface area contributed by atoms with Crippen LogP contribution >= 0.6 is 0 Å². The topological polar surface area (TPSA) is 72.9 Å². The lowest BCUT2D eigenvalue weighted by molar-refractivity contribution is 0.0697. The highest BCUT2D eigenvalue weighted by atomic mass is 16.4. The average molecular weight is 599 g/mol. The smallest absolute Gasteiger partial charge is 0.336 e. The van der Waals surface area contributed by atoms with Crippen LogP contribution in [-0.2, 0) is 19.5 Å². The molecular weight excluding hydrogens is 556 g/mol. The fourth-order valence-corrected chi connectivity index (χ4v) is 6.29. The number of hydrogen-bond donors (Lipinski definition) is 1. The van der Waals surface area contributed by atoms with Crippen LogP contribution in [0.1, 0.15) is 79.7 Å². The van der Waals surface area contributed by atoms with Crippen LogP contribution in [0.4, 0.5) is 0 Å². The number of carboxylic acids is 1. The van der Waals surface area contributed by atoms with Crippen molar-refractivity contribution < 1.29 is 9.90 Å². The maximum Gasteiger partial charge on any atom is 0.336 e. The van der Waals surface area contributed by atoms with Crippen molar-refractivity contribution in [2.24, 2.45) is 0 Å². The zero-order chi connectivity index (χ0) is 31.3. The van der Waals surface area contributed by atoms with E-state index in [9.17, 15) is 9.90 Å². The van der Waals surface area contributed by atoms with Crippen molar-refractivity contribution in [1.82, 2.24) is 19.1 Å². The Morgan fingerprint density at radius 2 is 1.51 bits per heavy atom. The molecule has 6 rings (SSSR count). The Morgan fingerprint density at radius 3 is 2.29 bits per heavy atom. The van der Waals surface area contributed by atoms with Gasteiger partial charge in [-0.3, -0.25) is 0 Å². The van der Waals surface area contributed by atoms with Gasteiger partial charge in [0.2, 0.25) is 0 Å². The third-order valence-corrected chi connectivity index (χ3v) is 8.74. The van der Waals surface area contributed by atoms with Crippen LogP contribution in [0.3, 0.4) is 0 Å². The van der Waals surface area contributed by atoms with E-state index in [-0.39, 0.29) is 0 Å². The molecule has 6 aromatic rings. The number of nitrogens with zero attached hydrogens (tertiary/aromatic N) is 4. The van der Waals surface area contributed by atoms with E-state index in [1.165, 1.54) is 30.3 Å². The number of fused-ring (bicyclic) bond motifs is 2. The van der Waals surface area contributed by atoms with Crippen molar-refractivity contribution in [3.05, 3.63) is 107 Å². The van der Waals surface area contributed by atoms with E-state index in [0.717, 1.165) is 82.7 Å². The number of imidazole rings is 2. The third-order valence-electron chi connectivity index (χ3n) is 8.74. The lowest BCUT2D eigenvalue weighted by atomic mass is 9.99. The molecule has 6 nitrogen and oxygen atoms in total. The highest BCUT2D eigenvalue weighted by molar-refractivity contribution is 5.96. The van der Waals surface area contributed by atoms with Crippen molar-refractivity contribution in [1.29, 1.82) is 0 Å². The lowest BCUT2D eigenvalue weighted by Gasteiger charge is -2.12. The van der Waals surface area contributed by atoms with Gasteiger partial charge in [0.05, 0.1) is 27.6 Å². The van der Waals surface area contributed by atoms with Gasteiger partial charge in [0.1, 0.15) is 11.6 Å². The molecule has 6 heteroatoms. The number of unbranched alkanes of at least 4 members (excludes halogenated alkanes) is 4. The standard InChI is InChI=1S/C39H42N4O2/c1-4-6-8-11-23-42-35-22-15-27(3)24-34(35)41-38(42)30-20-21-33-36(25-30)43(37(40-33)14-7-5-2)26-28-16-18-29(19-17-28)31-12-9-10-13-32(31)39(44)45/h9-10,12-13,15-22,24-25H,4-8,11,14,23,26H2,1-3H3,(H,44,45). The van der Waals surface area contributed by atoms with Crippen molar-refractivity contribution in [2.75, 3.05) is 0 Å². The Labute approximate surface area is 265 Å². The summed E-state index contributed by atoms with van der Waals surface area (Å²) in [6.45, 7) is 8.23. The second kappa shape index (κ2) is 13.5. The summed E-state index contributed by atoms with van der Waals surface area (Å²) in [5.41, 5.74) is 9.75. The lowest BCUT2D eigenvalue weighted by Crippen LogP contribution is -2.06. The molecule has 0 radical (unpaired) electrons. The van der Waals surface area contributed by atoms with Gasteiger partial charge in [-0.25, -0.2) is 14.8 Å². The van der Waals surface area contributed by atoms with Crippen LogP contribution in [0.15, 0.2) is 84.9 Å². The van der Waals surface area contributed by atoms with Gasteiger partial charge >= 0.3 is 5.97 Å². The maximum absolute atomic E-state index is 11.8. The van der Waals surface area contributed by atoms with Crippen LogP contribution in [0.5, 0.6) is 0 Å². The molecule has 2 heterocycles. The molecule has 230 valence electrons. The minimum atomic E-state index is -0.916. The summed E-state index contributed by atoms with van der Waals surface area (Å²) < 4.78 is 4.76. The quantitative estimate of drug-likeness (QED) is 0.134. The molecule has 0 saturated heterocycles. The summed E-state index contributed by atoms with van der Waals surface area (Å²) in [4.78, 5) is 22.1. The summed E-state index contributed by atoms with van der Waals surface area (Å²) in [6, 6.07) is 28.6. The first-order valence-electron chi connectivity index (χ1n) is 16.3. The van der Waals surface area contributed by atoms with Crippen molar-refractivity contribution >= 4 is 28.0 Å². The van der Waals surface area contributed by atoms with Crippen LogP contribution in [-0.4, -0.2) is 30.2 Å². The highest BCUT2D eigenvalue weighted by Crippen LogP contribution is 2.31. The molecule has 0 saturated carbocycles. The fraction of sp³-hybridized carbons (Fsp3) is 0.308. The highest BCUT2D eigenvalue weighted by Gasteiger charge is 2.17. The van der Waals surface area contributed by atoms with Gasteiger partial charge in [-0.1, -0.05) is 88.1 Å². The van der Waals surface area contributed by atoms with E-state index in [0.29, 0.717) is 12.1 Å². The number of carbonyl (C=O) groups is 1. The summed E-state index contributed by atoms with van der Waals surface area (Å²) >= 11 is 0. The van der Waals surface area contributed by atoms with E-state index in [1.54, 1.807) is 12.1 Å². The Kier molecular flexibility index (Phi) is 9.11. The zero-order valence-corrected chi connectivity index (χ0v) is 26.6. The number of benzene rings is 4. The average Bonchev–Trinajstić information content (AvgIpc) is 3.59. The minimum Gasteiger partial charge on any atom is -0.478 e. The first-order chi connectivity index (χ1) is 22.0. The molecule has 0 amide bonds. The molecule has 4 aromatic carbocycles. The van der Waals surface area contributed by atoms with Crippen LogP contribution in [0.25, 0.3) is 44.6 Å². The predicted molar refractivity (Wildman–Crippen MR) is 184 cm³/mol. The molecular formula is C39H42N4O2. The number of hydrogen-bond acceptors (Lipinski definition) is 3. The zero-order valence-electron chi connectivity index (χ0n) is 26.6. The van der Waals surface area contributed by atoms with Crippen molar-refractivity contribution in [2.45, 2.75) is 78.8 Å². The minimum absolute atomic E-state index is 0.312. The van der Waals surface area contributed by atoms with Crippen LogP contribution < -0.4 is 0 Å². The van der Waals surface area contributed by atoms with Gasteiger partial charge < -0.3 is 14.2 Å². The summed E-state index contributed by atoms with van der Waals surface area (Å²) in [7, 11) is 0. The largest absolute Gasteiger partial charge is 0.478 e. The molecule has 45 heavy (non-hydrogen) atoms. The molecule has 0 aliphatic carbocycles. The normalized spacial score (nSPS) is 11.5. The van der Waals surface area contributed by atoms with E-state index in [1.807, 2.05) is 24.3 Å². The second-order valence-electron chi connectivity index (χ2n) is 12.1. The summed E-state index contributed by atoms with van der Waals surface area (Å²) in [5.74, 6) is 1.19. The number of aromatic carboxylic acids is 1. The Hall–Kier alpha value is -4.71. The SMILES string of the molecule is CCCCCCn1c(-c2ccc3nc(CCCC)n(Cc4ccc(-c5ccccc5C(=O)O)cc4)c3c2)nc2cc(C)ccc21. The van der Waals surface area contributed by atoms with Gasteiger partial charge in [-0.15, -0.1) is 0 Å². The molecule has 0 atom stereocenters. The Morgan fingerprint density at radius 1 is 0.733 bits per heavy atom. The first kappa shape index (κ1) is 30.3. The van der Waals surface area contributed by atoms with Gasteiger partial charge in [-0.05, 0) is 78.4 Å². The van der Waals surface area contributed by atoms with Gasteiger partial charge in [-0.2, -0.15) is 0 Å². The summed E-state index contributed by atoms with van der Waals surface area (Å²) in [5, 5.41) is 9.68. The molecule has 0 bridgehead atoms. The molecule has 1 N–H and O–H groups in total. The van der Waals surface area contributed by atoms with Gasteiger partial charge in [0.25, 0.3) is 0 Å². The molecule has 2 aromatic heterocycles. The van der Waals surface area contributed by atoms with E-state index in [2.05, 4.69) is 78.4 Å². The Bertz CT molecular complexity index is 1950. The van der Waals surface area contributed by atoms with Crippen LogP contribution in [0.2, 0.25) is 0 Å². The number of aromatic nitrogens is 4. The predicted octanol–water partition coefficient (Wildman–Crippen LogP) is 9.70. The van der Waals surface area contributed by atoms with Gasteiger partial charge in [0.15, 0.2) is 0 Å². The van der Waals surface area contributed by atoms with Crippen molar-refractivity contribution in [3.8, 4) is 22.5 Å². The van der Waals surface area contributed by atoms with Crippen molar-refractivity contribution in [3.63, 3.8) is 0 Å². The van der Waals surface area contributed by atoms with Crippen LogP contribution in [0, 0.1) is 6.92 Å². The third kappa shape index (κ3) is 6.41. The molecule has 0 unspecified atom stereocenters. The number of aryl methyl sites for hydroxylation is 3. The first-order valence-corrected chi connectivity index (χ1v) is 16.3. The number of rotatable bonds is 13. The number of carboxylic acid groups (broad SMARTS) is 1. The molecule has 0 fully saturated rings. The second-order valence-corrected chi connectivity index (χ2v) is 12.1. The van der Waals surface area contributed by atoms with E-state index >= 15 is 0 Å². The molecule has 0 spiro atoms. The fourth-order valence-electron chi connectivity index (χ4n) is 6.29. The van der Waals surface area contributed by atoms with E-state index in [4.69, 9.17) is 9.97 Å². The molecule has 0 aliphatic heterocycles. The Balaban J connectivity index is 1.39.